The molecular formula is C8H16ClN3O. The number of hydrogen-bond donors (Lipinski definition) is 3. The zero-order valence-corrected chi connectivity index (χ0v) is 8.27. The molecule has 2 aliphatic rings. The molecule has 0 aromatic rings. The molecule has 0 unspecified atom stereocenters. The Bertz CT molecular complexity index is 190. The molecule has 0 aromatic heterocycles. The number of carbonyl (C=O) groups excluding carboxylic acids is 1. The molecule has 2 fully saturated rings. The maximum absolute atomic E-state index is 11.3. The molecule has 1 saturated heterocycles. The topological polar surface area (TPSA) is 67.1 Å². The summed E-state index contributed by atoms with van der Waals surface area (Å²) in [7, 11) is 0. The molecular weight excluding hydrogens is 190 g/mol. The van der Waals surface area contributed by atoms with Gasteiger partial charge in [-0.25, -0.2) is 0 Å². The fraction of sp³-hybridized carbons (Fsp3) is 0.875. The van der Waals surface area contributed by atoms with Crippen molar-refractivity contribution in [1.29, 1.82) is 0 Å². The Morgan fingerprint density at radius 1 is 1.38 bits per heavy atom. The largest absolute Gasteiger partial charge is 0.353 e. The molecule has 13 heavy (non-hydrogen) atoms. The maximum atomic E-state index is 11.3. The molecule has 4 nitrogen and oxygen atoms in total. The number of hydrogen-bond acceptors (Lipinski definition) is 3. The molecule has 0 aromatic carbocycles. The molecule has 4 N–H and O–H groups in total. The van der Waals surface area contributed by atoms with Gasteiger partial charge < -0.3 is 16.4 Å². The van der Waals surface area contributed by atoms with Gasteiger partial charge in [0.1, 0.15) is 0 Å². The van der Waals surface area contributed by atoms with Crippen LogP contribution in [-0.4, -0.2) is 31.1 Å². The highest BCUT2D eigenvalue weighted by atomic mass is 35.5. The quantitative estimate of drug-likeness (QED) is 0.555. The molecule has 1 amide bonds. The fourth-order valence-electron chi connectivity index (χ4n) is 1.57. The van der Waals surface area contributed by atoms with E-state index in [4.69, 9.17) is 5.73 Å². The van der Waals surface area contributed by atoms with Crippen LogP contribution in [0.15, 0.2) is 0 Å². The number of rotatable bonds is 2. The van der Waals surface area contributed by atoms with E-state index in [9.17, 15) is 4.79 Å². The van der Waals surface area contributed by atoms with Gasteiger partial charge in [-0.1, -0.05) is 0 Å². The van der Waals surface area contributed by atoms with Crippen molar-refractivity contribution >= 4 is 18.3 Å². The van der Waals surface area contributed by atoms with E-state index in [-0.39, 0.29) is 24.2 Å². The van der Waals surface area contributed by atoms with Crippen molar-refractivity contribution in [1.82, 2.24) is 10.6 Å². The van der Waals surface area contributed by atoms with Gasteiger partial charge in [0.2, 0.25) is 5.91 Å². The fourth-order valence-corrected chi connectivity index (χ4v) is 1.57. The number of nitrogens with two attached hydrogens (primary N) is 1. The normalized spacial score (nSPS) is 32.4. The third kappa shape index (κ3) is 2.33. The second kappa shape index (κ2) is 4.26. The average Bonchev–Trinajstić information content (AvgIpc) is 1.79. The van der Waals surface area contributed by atoms with E-state index in [1.165, 1.54) is 0 Å². The number of carbonyl (C=O) groups is 1. The Morgan fingerprint density at radius 3 is 2.38 bits per heavy atom. The minimum atomic E-state index is 0. The van der Waals surface area contributed by atoms with Gasteiger partial charge >= 0.3 is 0 Å². The average molecular weight is 206 g/mol. The smallest absolute Gasteiger partial charge is 0.225 e. The summed E-state index contributed by atoms with van der Waals surface area (Å²) >= 11 is 0. The summed E-state index contributed by atoms with van der Waals surface area (Å²) in [5.74, 6) is 0.410. The van der Waals surface area contributed by atoms with Crippen LogP contribution >= 0.6 is 12.4 Å². The lowest BCUT2D eigenvalue weighted by Crippen LogP contribution is -2.56. The first-order chi connectivity index (χ1) is 5.75. The van der Waals surface area contributed by atoms with Crippen molar-refractivity contribution in [3.63, 3.8) is 0 Å². The third-order valence-corrected chi connectivity index (χ3v) is 2.67. The predicted molar refractivity (Wildman–Crippen MR) is 52.7 cm³/mol. The molecule has 0 spiro atoms. The molecule has 1 heterocycles. The molecule has 76 valence electrons. The summed E-state index contributed by atoms with van der Waals surface area (Å²) in [6.07, 6.45) is 1.90. The highest BCUT2D eigenvalue weighted by Gasteiger charge is 2.31. The van der Waals surface area contributed by atoms with Crippen LogP contribution in [0.1, 0.15) is 12.8 Å². The SMILES string of the molecule is Cl.NC1CC(NC(=O)C2CNC2)C1. The van der Waals surface area contributed by atoms with E-state index in [0.29, 0.717) is 12.1 Å². The van der Waals surface area contributed by atoms with Crippen LogP contribution in [0.3, 0.4) is 0 Å². The predicted octanol–water partition coefficient (Wildman–Crippen LogP) is -0.766. The van der Waals surface area contributed by atoms with E-state index in [1.807, 2.05) is 0 Å². The van der Waals surface area contributed by atoms with Crippen molar-refractivity contribution in [2.75, 3.05) is 13.1 Å². The molecule has 0 atom stereocenters. The van der Waals surface area contributed by atoms with Gasteiger partial charge in [0.15, 0.2) is 0 Å². The Hall–Kier alpha value is -0.320. The van der Waals surface area contributed by atoms with E-state index in [1.54, 1.807) is 0 Å². The van der Waals surface area contributed by atoms with E-state index in [0.717, 1.165) is 25.9 Å². The van der Waals surface area contributed by atoms with Crippen molar-refractivity contribution < 1.29 is 4.79 Å². The summed E-state index contributed by atoms with van der Waals surface area (Å²) in [5, 5.41) is 6.06. The number of halogens is 1. The van der Waals surface area contributed by atoms with Gasteiger partial charge in [-0.15, -0.1) is 12.4 Å². The van der Waals surface area contributed by atoms with Crippen LogP contribution in [0.2, 0.25) is 0 Å². The molecule has 2 rings (SSSR count). The molecule has 0 bridgehead atoms. The molecule has 0 radical (unpaired) electrons. The first kappa shape index (κ1) is 10.8. The van der Waals surface area contributed by atoms with Gasteiger partial charge in [-0.3, -0.25) is 4.79 Å². The molecule has 1 aliphatic carbocycles. The minimum absolute atomic E-state index is 0. The standard InChI is InChI=1S/C8H15N3O.ClH/c9-6-1-7(2-6)11-8(12)5-3-10-4-5;/h5-7,10H,1-4,9H2,(H,11,12);1H. The maximum Gasteiger partial charge on any atom is 0.225 e. The lowest BCUT2D eigenvalue weighted by molar-refractivity contribution is -0.127. The Balaban J connectivity index is 0.000000845. The monoisotopic (exact) mass is 205 g/mol. The highest BCUT2D eigenvalue weighted by Crippen LogP contribution is 2.18. The molecule has 5 heteroatoms. The summed E-state index contributed by atoms with van der Waals surface area (Å²) < 4.78 is 0. The molecule has 1 saturated carbocycles. The second-order valence-electron chi connectivity index (χ2n) is 3.79. The highest BCUT2D eigenvalue weighted by molar-refractivity contribution is 5.85. The lowest BCUT2D eigenvalue weighted by Gasteiger charge is -2.35. The first-order valence-electron chi connectivity index (χ1n) is 4.52. The second-order valence-corrected chi connectivity index (χ2v) is 3.79. The van der Waals surface area contributed by atoms with Crippen molar-refractivity contribution in [2.24, 2.45) is 11.7 Å². The van der Waals surface area contributed by atoms with Crippen LogP contribution in [0.5, 0.6) is 0 Å². The summed E-state index contributed by atoms with van der Waals surface area (Å²) in [5.41, 5.74) is 5.60. The van der Waals surface area contributed by atoms with E-state index in [2.05, 4.69) is 10.6 Å². The zero-order valence-electron chi connectivity index (χ0n) is 7.45. The van der Waals surface area contributed by atoms with Gasteiger partial charge in [-0.2, -0.15) is 0 Å². The van der Waals surface area contributed by atoms with Gasteiger partial charge in [0.05, 0.1) is 5.92 Å². The first-order valence-corrected chi connectivity index (χ1v) is 4.52. The molecule has 1 aliphatic heterocycles. The van der Waals surface area contributed by atoms with E-state index >= 15 is 0 Å². The summed E-state index contributed by atoms with van der Waals surface area (Å²) in [6, 6.07) is 0.669. The van der Waals surface area contributed by atoms with Gasteiger partial charge in [0, 0.05) is 25.2 Å². The van der Waals surface area contributed by atoms with Gasteiger partial charge in [0.25, 0.3) is 0 Å². The van der Waals surface area contributed by atoms with Crippen LogP contribution in [0.4, 0.5) is 0 Å². The van der Waals surface area contributed by atoms with Crippen molar-refractivity contribution in [3.05, 3.63) is 0 Å². The van der Waals surface area contributed by atoms with Crippen molar-refractivity contribution in [2.45, 2.75) is 24.9 Å². The number of amides is 1. The minimum Gasteiger partial charge on any atom is -0.353 e. The Kier molecular flexibility index (Phi) is 3.53. The lowest BCUT2D eigenvalue weighted by atomic mass is 9.87. The van der Waals surface area contributed by atoms with E-state index < -0.39 is 0 Å². The van der Waals surface area contributed by atoms with Crippen LogP contribution in [0.25, 0.3) is 0 Å². The van der Waals surface area contributed by atoms with Gasteiger partial charge in [-0.05, 0) is 12.8 Å². The Morgan fingerprint density at radius 2 is 2.00 bits per heavy atom. The van der Waals surface area contributed by atoms with Crippen LogP contribution in [0, 0.1) is 5.92 Å². The summed E-state index contributed by atoms with van der Waals surface area (Å²) in [4.78, 5) is 11.3. The zero-order chi connectivity index (χ0) is 8.55. The number of nitrogens with one attached hydrogen (secondary N) is 2. The summed E-state index contributed by atoms with van der Waals surface area (Å²) in [6.45, 7) is 1.68. The third-order valence-electron chi connectivity index (χ3n) is 2.67. The van der Waals surface area contributed by atoms with Crippen LogP contribution in [-0.2, 0) is 4.79 Å². The van der Waals surface area contributed by atoms with Crippen LogP contribution < -0.4 is 16.4 Å². The van der Waals surface area contributed by atoms with Crippen molar-refractivity contribution in [3.8, 4) is 0 Å². The Labute approximate surface area is 84.0 Å².